The van der Waals surface area contributed by atoms with E-state index in [1.54, 1.807) is 6.08 Å². The molecule has 0 radical (unpaired) electrons. The first-order chi connectivity index (χ1) is 11.2. The molecule has 0 atom stereocenters. The van der Waals surface area contributed by atoms with Crippen LogP contribution in [0.5, 0.6) is 0 Å². The van der Waals surface area contributed by atoms with Gasteiger partial charge in [0.2, 0.25) is 5.79 Å². The minimum atomic E-state index is -0.364. The summed E-state index contributed by atoms with van der Waals surface area (Å²) < 4.78 is 16.6. The standard InChI is InChI=1S/C19H30O4/c1-3-4-5-6-9-16(13-18(20)21-2)12-17-14-22-19(23-15-17)10-7-8-11-19/h13-14H,3-12,15H2,1-2H3/b16-13+. The average Bonchev–Trinajstić information content (AvgIpc) is 3.02. The van der Waals surface area contributed by atoms with Crippen LogP contribution in [-0.4, -0.2) is 25.5 Å². The van der Waals surface area contributed by atoms with Gasteiger partial charge < -0.3 is 14.2 Å². The largest absolute Gasteiger partial charge is 0.470 e. The third-order valence-electron chi connectivity index (χ3n) is 4.66. The maximum absolute atomic E-state index is 11.6. The zero-order valence-corrected chi connectivity index (χ0v) is 14.6. The van der Waals surface area contributed by atoms with Gasteiger partial charge in [0.25, 0.3) is 0 Å². The molecule has 0 aromatic rings. The Labute approximate surface area is 139 Å². The molecule has 1 spiro atoms. The van der Waals surface area contributed by atoms with Crippen molar-refractivity contribution in [1.29, 1.82) is 0 Å². The normalized spacial score (nSPS) is 20.3. The van der Waals surface area contributed by atoms with E-state index < -0.39 is 0 Å². The van der Waals surface area contributed by atoms with Gasteiger partial charge in [0.15, 0.2) is 0 Å². The lowest BCUT2D eigenvalue weighted by atomic mass is 9.99. The molecule has 0 N–H and O–H groups in total. The second kappa shape index (κ2) is 9.11. The molecule has 0 bridgehead atoms. The van der Waals surface area contributed by atoms with Gasteiger partial charge in [0.1, 0.15) is 0 Å². The highest BCUT2D eigenvalue weighted by atomic mass is 16.7. The fourth-order valence-electron chi connectivity index (χ4n) is 3.26. The molecule has 23 heavy (non-hydrogen) atoms. The Balaban J connectivity index is 1.90. The highest BCUT2D eigenvalue weighted by Crippen LogP contribution is 2.38. The Hall–Kier alpha value is -1.29. The number of allylic oxidation sites excluding steroid dienone is 1. The van der Waals surface area contributed by atoms with Gasteiger partial charge in [-0.3, -0.25) is 0 Å². The third kappa shape index (κ3) is 5.69. The molecule has 2 aliphatic rings. The molecule has 0 amide bonds. The predicted molar refractivity (Wildman–Crippen MR) is 89.8 cm³/mol. The monoisotopic (exact) mass is 322 g/mol. The number of hydrogen-bond donors (Lipinski definition) is 0. The van der Waals surface area contributed by atoms with Crippen molar-refractivity contribution in [2.45, 2.75) is 76.9 Å². The van der Waals surface area contributed by atoms with E-state index in [9.17, 15) is 4.79 Å². The van der Waals surface area contributed by atoms with E-state index in [4.69, 9.17) is 14.2 Å². The number of carbonyl (C=O) groups excluding carboxylic acids is 1. The Bertz CT molecular complexity index is 444. The van der Waals surface area contributed by atoms with E-state index in [1.807, 2.05) is 6.26 Å². The molecule has 1 aliphatic carbocycles. The molecule has 4 heteroatoms. The lowest BCUT2D eigenvalue weighted by Gasteiger charge is -2.33. The topological polar surface area (TPSA) is 44.8 Å². The van der Waals surface area contributed by atoms with Crippen LogP contribution in [0.25, 0.3) is 0 Å². The first kappa shape index (κ1) is 18.1. The van der Waals surface area contributed by atoms with Crippen molar-refractivity contribution >= 4 is 5.97 Å². The van der Waals surface area contributed by atoms with Crippen molar-refractivity contribution < 1.29 is 19.0 Å². The second-order valence-electron chi connectivity index (χ2n) is 6.61. The van der Waals surface area contributed by atoms with Crippen LogP contribution in [-0.2, 0) is 19.0 Å². The van der Waals surface area contributed by atoms with Crippen molar-refractivity contribution in [1.82, 2.24) is 0 Å². The van der Waals surface area contributed by atoms with Gasteiger partial charge >= 0.3 is 5.97 Å². The summed E-state index contributed by atoms with van der Waals surface area (Å²) in [7, 11) is 1.42. The van der Waals surface area contributed by atoms with E-state index >= 15 is 0 Å². The number of esters is 1. The van der Waals surface area contributed by atoms with Crippen LogP contribution in [0.3, 0.4) is 0 Å². The number of methoxy groups -OCH3 is 1. The van der Waals surface area contributed by atoms with Crippen molar-refractivity contribution in [2.24, 2.45) is 0 Å². The fourth-order valence-corrected chi connectivity index (χ4v) is 3.26. The van der Waals surface area contributed by atoms with Gasteiger partial charge in [-0.15, -0.1) is 0 Å². The zero-order chi connectivity index (χ0) is 16.5. The number of carbonyl (C=O) groups is 1. The summed E-state index contributed by atoms with van der Waals surface area (Å²) in [5.74, 6) is -0.641. The summed E-state index contributed by atoms with van der Waals surface area (Å²) in [6.07, 6.45) is 14.2. The molecule has 1 aliphatic heterocycles. The van der Waals surface area contributed by atoms with Gasteiger partial charge in [-0.1, -0.05) is 31.8 Å². The van der Waals surface area contributed by atoms with E-state index in [1.165, 1.54) is 39.2 Å². The maximum atomic E-state index is 11.6. The van der Waals surface area contributed by atoms with Gasteiger partial charge in [-0.2, -0.15) is 0 Å². The summed E-state index contributed by atoms with van der Waals surface area (Å²) in [6, 6.07) is 0. The van der Waals surface area contributed by atoms with Gasteiger partial charge in [-0.25, -0.2) is 4.79 Å². The van der Waals surface area contributed by atoms with E-state index in [0.717, 1.165) is 43.3 Å². The van der Waals surface area contributed by atoms with Gasteiger partial charge in [0.05, 0.1) is 20.0 Å². The van der Waals surface area contributed by atoms with Crippen LogP contribution in [0.2, 0.25) is 0 Å². The summed E-state index contributed by atoms with van der Waals surface area (Å²) in [6.45, 7) is 2.80. The van der Waals surface area contributed by atoms with Crippen molar-refractivity contribution in [3.05, 3.63) is 23.5 Å². The number of ether oxygens (including phenoxy) is 3. The van der Waals surface area contributed by atoms with Crippen LogP contribution in [0.15, 0.2) is 23.5 Å². The Morgan fingerprint density at radius 2 is 2.09 bits per heavy atom. The molecule has 0 unspecified atom stereocenters. The fraction of sp³-hybridized carbons (Fsp3) is 0.737. The lowest BCUT2D eigenvalue weighted by Crippen LogP contribution is -2.34. The predicted octanol–water partition coefficient (Wildman–Crippen LogP) is 4.65. The summed E-state index contributed by atoms with van der Waals surface area (Å²) in [5.41, 5.74) is 2.21. The molecule has 130 valence electrons. The highest BCUT2D eigenvalue weighted by molar-refractivity contribution is 5.82. The van der Waals surface area contributed by atoms with Crippen LogP contribution >= 0.6 is 0 Å². The Morgan fingerprint density at radius 1 is 1.30 bits per heavy atom. The van der Waals surface area contributed by atoms with E-state index in [0.29, 0.717) is 6.61 Å². The average molecular weight is 322 g/mol. The Morgan fingerprint density at radius 3 is 2.70 bits per heavy atom. The van der Waals surface area contributed by atoms with Crippen LogP contribution in [0.1, 0.15) is 71.1 Å². The lowest BCUT2D eigenvalue weighted by molar-refractivity contribution is -0.210. The van der Waals surface area contributed by atoms with Crippen LogP contribution < -0.4 is 0 Å². The smallest absolute Gasteiger partial charge is 0.330 e. The Kier molecular flexibility index (Phi) is 7.15. The summed E-state index contributed by atoms with van der Waals surface area (Å²) in [4.78, 5) is 11.6. The molecule has 0 saturated heterocycles. The van der Waals surface area contributed by atoms with E-state index in [2.05, 4.69) is 6.92 Å². The first-order valence-corrected chi connectivity index (χ1v) is 8.94. The SMILES string of the molecule is CCCCCC/C(=C\C(=O)OC)CC1=COC2(CCCC2)OC1. The van der Waals surface area contributed by atoms with Crippen molar-refractivity contribution in [3.63, 3.8) is 0 Å². The molecule has 2 rings (SSSR count). The van der Waals surface area contributed by atoms with E-state index in [-0.39, 0.29) is 11.8 Å². The minimum absolute atomic E-state index is 0.277. The molecule has 0 aromatic carbocycles. The van der Waals surface area contributed by atoms with Crippen LogP contribution in [0, 0.1) is 0 Å². The van der Waals surface area contributed by atoms with Crippen molar-refractivity contribution in [3.8, 4) is 0 Å². The molecule has 0 aromatic heterocycles. The minimum Gasteiger partial charge on any atom is -0.470 e. The van der Waals surface area contributed by atoms with Crippen LogP contribution in [0.4, 0.5) is 0 Å². The maximum Gasteiger partial charge on any atom is 0.330 e. The zero-order valence-electron chi connectivity index (χ0n) is 14.6. The highest BCUT2D eigenvalue weighted by Gasteiger charge is 2.38. The summed E-state index contributed by atoms with van der Waals surface area (Å²) >= 11 is 0. The molecule has 4 nitrogen and oxygen atoms in total. The number of rotatable bonds is 8. The quantitative estimate of drug-likeness (QED) is 0.371. The molecular weight excluding hydrogens is 292 g/mol. The number of unbranched alkanes of at least 4 members (excludes halogenated alkanes) is 3. The molecular formula is C19H30O4. The molecule has 1 fully saturated rings. The first-order valence-electron chi connectivity index (χ1n) is 8.94. The molecule has 1 heterocycles. The summed E-state index contributed by atoms with van der Waals surface area (Å²) in [5, 5.41) is 0. The molecule has 1 saturated carbocycles. The van der Waals surface area contributed by atoms with Gasteiger partial charge in [0, 0.05) is 18.9 Å². The van der Waals surface area contributed by atoms with Gasteiger partial charge in [-0.05, 0) is 37.7 Å². The second-order valence-corrected chi connectivity index (χ2v) is 6.61. The third-order valence-corrected chi connectivity index (χ3v) is 4.66. The number of hydrogen-bond acceptors (Lipinski definition) is 4. The van der Waals surface area contributed by atoms with Crippen molar-refractivity contribution in [2.75, 3.05) is 13.7 Å².